The maximum Gasteiger partial charge on any atom is -0.0233 e. The molecule has 2 aliphatic rings. The molecule has 0 atom stereocenters. The maximum absolute atomic E-state index is 2.49. The summed E-state index contributed by atoms with van der Waals surface area (Å²) < 4.78 is 0. The molecule has 0 aromatic heterocycles. The van der Waals surface area contributed by atoms with Crippen LogP contribution in [0.1, 0.15) is 45.4 Å². The zero-order valence-electron chi connectivity index (χ0n) is 11.0. The summed E-state index contributed by atoms with van der Waals surface area (Å²) in [7, 11) is 0.435. The lowest BCUT2D eigenvalue weighted by atomic mass is 9.74. The zero-order chi connectivity index (χ0) is 11.4. The van der Waals surface area contributed by atoms with E-state index in [-0.39, 0.29) is 0 Å². The summed E-state index contributed by atoms with van der Waals surface area (Å²) in [5, 5.41) is 0. The predicted octanol–water partition coefficient (Wildman–Crippen LogP) is 4.89. The highest BCUT2D eigenvalue weighted by Crippen LogP contribution is 2.45. The van der Waals surface area contributed by atoms with Crippen molar-refractivity contribution in [3.05, 3.63) is 12.2 Å². The van der Waals surface area contributed by atoms with E-state index in [2.05, 4.69) is 25.7 Å². The molecule has 2 rings (SSSR count). The Labute approximate surface area is 103 Å². The fourth-order valence-corrected chi connectivity index (χ4v) is 5.35. The standard InChI is InChI=1S/C15H27P/c1-3-4-13-5-7-14(8-6-13)15-9-11-16(2)12-10-15/h3-4,13-15H,5-12H2,1-2H3/b4-3+. The number of rotatable bonds is 2. The second-order valence-corrected chi connectivity index (χ2v) is 8.45. The first-order chi connectivity index (χ1) is 7.79. The summed E-state index contributed by atoms with van der Waals surface area (Å²) in [5.74, 6) is 3.10. The average Bonchev–Trinajstić information content (AvgIpc) is 2.32. The number of allylic oxidation sites excluding steroid dienone is 2. The highest BCUT2D eigenvalue weighted by Gasteiger charge is 2.28. The minimum atomic E-state index is 0.435. The molecule has 1 aliphatic heterocycles. The zero-order valence-corrected chi connectivity index (χ0v) is 11.9. The lowest BCUT2D eigenvalue weighted by Crippen LogP contribution is -2.24. The van der Waals surface area contributed by atoms with Gasteiger partial charge in [-0.05, 0) is 82.2 Å². The first-order valence-corrected chi connectivity index (χ1v) is 9.27. The average molecular weight is 238 g/mol. The van der Waals surface area contributed by atoms with Crippen molar-refractivity contribution in [3.63, 3.8) is 0 Å². The van der Waals surface area contributed by atoms with Gasteiger partial charge in [0.2, 0.25) is 0 Å². The summed E-state index contributed by atoms with van der Waals surface area (Å²) in [4.78, 5) is 0. The second kappa shape index (κ2) is 6.20. The second-order valence-electron chi connectivity index (χ2n) is 5.84. The van der Waals surface area contributed by atoms with Gasteiger partial charge in [0.1, 0.15) is 0 Å². The molecule has 0 unspecified atom stereocenters. The molecular weight excluding hydrogens is 211 g/mol. The lowest BCUT2D eigenvalue weighted by molar-refractivity contribution is 0.211. The van der Waals surface area contributed by atoms with Crippen LogP contribution in [0.2, 0.25) is 0 Å². The number of hydrogen-bond donors (Lipinski definition) is 0. The van der Waals surface area contributed by atoms with E-state index in [1.807, 2.05) is 0 Å². The summed E-state index contributed by atoms with van der Waals surface area (Å²) in [6.07, 6.45) is 16.9. The minimum absolute atomic E-state index is 0.435. The van der Waals surface area contributed by atoms with E-state index in [1.54, 1.807) is 25.2 Å². The van der Waals surface area contributed by atoms with Crippen molar-refractivity contribution < 1.29 is 0 Å². The third-order valence-corrected chi connectivity index (χ3v) is 6.75. The summed E-state index contributed by atoms with van der Waals surface area (Å²) >= 11 is 0. The molecule has 1 saturated heterocycles. The van der Waals surface area contributed by atoms with Crippen LogP contribution in [0.5, 0.6) is 0 Å². The number of hydrogen-bond acceptors (Lipinski definition) is 0. The first-order valence-electron chi connectivity index (χ1n) is 7.11. The Bertz CT molecular complexity index is 218. The van der Waals surface area contributed by atoms with Crippen molar-refractivity contribution in [3.8, 4) is 0 Å². The van der Waals surface area contributed by atoms with Gasteiger partial charge in [-0.2, -0.15) is 0 Å². The molecule has 1 heterocycles. The van der Waals surface area contributed by atoms with Crippen molar-refractivity contribution in [1.29, 1.82) is 0 Å². The molecule has 0 radical (unpaired) electrons. The Hall–Kier alpha value is 0.170. The van der Waals surface area contributed by atoms with Crippen LogP contribution in [0.4, 0.5) is 0 Å². The summed E-state index contributed by atoms with van der Waals surface area (Å²) in [5.41, 5.74) is 0. The first kappa shape index (κ1) is 12.6. The highest BCUT2D eigenvalue weighted by molar-refractivity contribution is 7.56. The van der Waals surface area contributed by atoms with Crippen LogP contribution < -0.4 is 0 Å². The van der Waals surface area contributed by atoms with E-state index >= 15 is 0 Å². The smallest absolute Gasteiger partial charge is 0.0233 e. The van der Waals surface area contributed by atoms with Crippen molar-refractivity contribution in [2.75, 3.05) is 19.0 Å². The highest BCUT2D eigenvalue weighted by atomic mass is 31.1. The van der Waals surface area contributed by atoms with E-state index in [9.17, 15) is 0 Å². The minimum Gasteiger partial charge on any atom is -0.110 e. The van der Waals surface area contributed by atoms with Gasteiger partial charge >= 0.3 is 0 Å². The quantitative estimate of drug-likeness (QED) is 0.474. The third kappa shape index (κ3) is 3.33. The predicted molar refractivity (Wildman–Crippen MR) is 75.6 cm³/mol. The van der Waals surface area contributed by atoms with Crippen molar-refractivity contribution in [2.24, 2.45) is 17.8 Å². The van der Waals surface area contributed by atoms with E-state index < -0.39 is 0 Å². The normalized spacial score (nSPS) is 41.4. The van der Waals surface area contributed by atoms with Gasteiger partial charge in [0.05, 0.1) is 0 Å². The maximum atomic E-state index is 2.49. The van der Waals surface area contributed by atoms with Crippen LogP contribution in [0, 0.1) is 17.8 Å². The molecule has 0 N–H and O–H groups in total. The molecular formula is C15H27P. The fourth-order valence-electron chi connectivity index (χ4n) is 3.58. The van der Waals surface area contributed by atoms with Crippen LogP contribution in [0.3, 0.4) is 0 Å². The Kier molecular flexibility index (Phi) is 4.89. The molecule has 1 heteroatoms. The molecule has 0 nitrogen and oxygen atoms in total. The monoisotopic (exact) mass is 238 g/mol. The summed E-state index contributed by atoms with van der Waals surface area (Å²) in [6.45, 7) is 4.66. The molecule has 92 valence electrons. The SMILES string of the molecule is C/C=C/C1CCC(C2CCP(C)CC2)CC1. The topological polar surface area (TPSA) is 0 Å². The lowest BCUT2D eigenvalue weighted by Gasteiger charge is -2.36. The van der Waals surface area contributed by atoms with Gasteiger partial charge in [0.25, 0.3) is 0 Å². The molecule has 0 spiro atoms. The Morgan fingerprint density at radius 3 is 2.00 bits per heavy atom. The van der Waals surface area contributed by atoms with Crippen LogP contribution in [-0.2, 0) is 0 Å². The van der Waals surface area contributed by atoms with Crippen LogP contribution >= 0.6 is 7.92 Å². The van der Waals surface area contributed by atoms with Crippen LogP contribution in [0.15, 0.2) is 12.2 Å². The molecule has 1 saturated carbocycles. The molecule has 0 bridgehead atoms. The summed E-state index contributed by atoms with van der Waals surface area (Å²) in [6, 6.07) is 0. The molecule has 0 amide bonds. The van der Waals surface area contributed by atoms with Gasteiger partial charge in [-0.15, -0.1) is 7.92 Å². The van der Waals surface area contributed by atoms with Crippen LogP contribution in [-0.4, -0.2) is 19.0 Å². The van der Waals surface area contributed by atoms with Gasteiger partial charge in [0, 0.05) is 0 Å². The van der Waals surface area contributed by atoms with E-state index in [4.69, 9.17) is 0 Å². The van der Waals surface area contributed by atoms with Crippen LogP contribution in [0.25, 0.3) is 0 Å². The van der Waals surface area contributed by atoms with Crippen molar-refractivity contribution in [2.45, 2.75) is 45.4 Å². The third-order valence-electron chi connectivity index (χ3n) is 4.71. The Morgan fingerprint density at radius 2 is 1.44 bits per heavy atom. The molecule has 2 fully saturated rings. The molecule has 0 aromatic carbocycles. The molecule has 16 heavy (non-hydrogen) atoms. The van der Waals surface area contributed by atoms with Crippen molar-refractivity contribution >= 4 is 7.92 Å². The fraction of sp³-hybridized carbons (Fsp3) is 0.867. The Morgan fingerprint density at radius 1 is 0.875 bits per heavy atom. The van der Waals surface area contributed by atoms with Gasteiger partial charge < -0.3 is 0 Å². The molecule has 0 aromatic rings. The Balaban J connectivity index is 1.76. The van der Waals surface area contributed by atoms with Gasteiger partial charge in [-0.3, -0.25) is 0 Å². The van der Waals surface area contributed by atoms with Gasteiger partial charge in [-0.25, -0.2) is 0 Å². The van der Waals surface area contributed by atoms with Gasteiger partial charge in [-0.1, -0.05) is 12.2 Å². The molecule has 1 aliphatic carbocycles. The van der Waals surface area contributed by atoms with E-state index in [1.165, 1.54) is 25.7 Å². The van der Waals surface area contributed by atoms with E-state index in [0.717, 1.165) is 17.8 Å². The van der Waals surface area contributed by atoms with E-state index in [0.29, 0.717) is 7.92 Å². The van der Waals surface area contributed by atoms with Gasteiger partial charge in [0.15, 0.2) is 0 Å². The largest absolute Gasteiger partial charge is 0.110 e. The van der Waals surface area contributed by atoms with Crippen molar-refractivity contribution in [1.82, 2.24) is 0 Å².